The molecule has 4 nitrogen and oxygen atoms in total. The van der Waals surface area contributed by atoms with Crippen LogP contribution in [0.25, 0.3) is 0 Å². The minimum atomic E-state index is 0.0501. The molecule has 0 fully saturated rings. The number of nitrogens with two attached hydrogens (primary N) is 1. The van der Waals surface area contributed by atoms with Crippen molar-refractivity contribution >= 4 is 5.82 Å². The number of aromatic nitrogens is 1. The fourth-order valence-electron chi connectivity index (χ4n) is 1.49. The van der Waals surface area contributed by atoms with Crippen LogP contribution in [0.5, 0.6) is 0 Å². The number of nitrogens with zero attached hydrogens (tertiary/aromatic N) is 2. The van der Waals surface area contributed by atoms with Gasteiger partial charge in [0.1, 0.15) is 5.82 Å². The zero-order valence-electron chi connectivity index (χ0n) is 10.3. The molecule has 0 saturated heterocycles. The highest BCUT2D eigenvalue weighted by atomic mass is 16.5. The molecule has 2 N–H and O–H groups in total. The third-order valence-corrected chi connectivity index (χ3v) is 2.53. The lowest BCUT2D eigenvalue weighted by Gasteiger charge is -2.19. The van der Waals surface area contributed by atoms with Crippen LogP contribution in [-0.2, 0) is 4.74 Å². The summed E-state index contributed by atoms with van der Waals surface area (Å²) in [5, 5.41) is 0. The van der Waals surface area contributed by atoms with Crippen molar-refractivity contribution in [1.29, 1.82) is 0 Å². The Balaban J connectivity index is 2.60. The van der Waals surface area contributed by atoms with Crippen LogP contribution in [0, 0.1) is 0 Å². The molecule has 0 bridgehead atoms. The molecule has 0 aliphatic heterocycles. The fourth-order valence-corrected chi connectivity index (χ4v) is 1.49. The van der Waals surface area contributed by atoms with E-state index in [4.69, 9.17) is 10.5 Å². The number of hydrogen-bond donors (Lipinski definition) is 1. The van der Waals surface area contributed by atoms with Crippen molar-refractivity contribution in [1.82, 2.24) is 4.98 Å². The van der Waals surface area contributed by atoms with E-state index in [1.165, 1.54) is 0 Å². The molecule has 0 amide bonds. The maximum Gasteiger partial charge on any atom is 0.128 e. The Morgan fingerprint density at radius 3 is 2.94 bits per heavy atom. The van der Waals surface area contributed by atoms with Gasteiger partial charge in [-0.05, 0) is 31.0 Å². The van der Waals surface area contributed by atoms with E-state index in [2.05, 4.69) is 9.88 Å². The summed E-state index contributed by atoms with van der Waals surface area (Å²) in [6.07, 6.45) is 2.80. The molecule has 0 unspecified atom stereocenters. The normalized spacial score (nSPS) is 12.5. The lowest BCUT2D eigenvalue weighted by Crippen LogP contribution is -2.21. The van der Waals surface area contributed by atoms with Gasteiger partial charge in [0.2, 0.25) is 0 Å². The summed E-state index contributed by atoms with van der Waals surface area (Å²) in [7, 11) is 3.75. The van der Waals surface area contributed by atoms with Crippen LogP contribution in [0.3, 0.4) is 0 Å². The Morgan fingerprint density at radius 2 is 2.31 bits per heavy atom. The minimum Gasteiger partial charge on any atom is -0.385 e. The van der Waals surface area contributed by atoms with Crippen molar-refractivity contribution in [2.45, 2.75) is 19.4 Å². The van der Waals surface area contributed by atoms with Gasteiger partial charge in [-0.15, -0.1) is 0 Å². The van der Waals surface area contributed by atoms with Gasteiger partial charge in [0, 0.05) is 39.5 Å². The van der Waals surface area contributed by atoms with Crippen LogP contribution in [0.4, 0.5) is 5.82 Å². The molecule has 1 atom stereocenters. The first-order chi connectivity index (χ1) is 7.65. The Labute approximate surface area is 97.4 Å². The molecule has 0 radical (unpaired) electrons. The SMILES string of the molecule is COCCCN(C)c1cc([C@H](C)N)ccn1. The summed E-state index contributed by atoms with van der Waals surface area (Å²) in [4.78, 5) is 6.45. The van der Waals surface area contributed by atoms with Gasteiger partial charge in [0.05, 0.1) is 0 Å². The van der Waals surface area contributed by atoms with Crippen molar-refractivity contribution in [3.05, 3.63) is 23.9 Å². The molecule has 1 rings (SSSR count). The predicted molar refractivity (Wildman–Crippen MR) is 66.6 cm³/mol. The summed E-state index contributed by atoms with van der Waals surface area (Å²) in [6.45, 7) is 3.69. The van der Waals surface area contributed by atoms with E-state index in [0.29, 0.717) is 0 Å². The Morgan fingerprint density at radius 1 is 1.56 bits per heavy atom. The van der Waals surface area contributed by atoms with Gasteiger partial charge in [-0.3, -0.25) is 0 Å². The highest BCUT2D eigenvalue weighted by Crippen LogP contribution is 2.15. The summed E-state index contributed by atoms with van der Waals surface area (Å²) in [5.41, 5.74) is 6.95. The van der Waals surface area contributed by atoms with Crippen molar-refractivity contribution < 1.29 is 4.74 Å². The average molecular weight is 223 g/mol. The smallest absolute Gasteiger partial charge is 0.128 e. The number of pyridine rings is 1. The van der Waals surface area contributed by atoms with Crippen LogP contribution in [0.1, 0.15) is 24.9 Å². The zero-order chi connectivity index (χ0) is 12.0. The highest BCUT2D eigenvalue weighted by Gasteiger charge is 2.05. The molecule has 0 aliphatic rings. The van der Waals surface area contributed by atoms with Gasteiger partial charge in [-0.2, -0.15) is 0 Å². The van der Waals surface area contributed by atoms with Crippen molar-refractivity contribution in [2.75, 3.05) is 32.2 Å². The molecular formula is C12H21N3O. The molecule has 90 valence electrons. The van der Waals surface area contributed by atoms with Crippen LogP contribution in [0.2, 0.25) is 0 Å². The molecule has 16 heavy (non-hydrogen) atoms. The van der Waals surface area contributed by atoms with Crippen molar-refractivity contribution in [3.63, 3.8) is 0 Å². The number of methoxy groups -OCH3 is 1. The highest BCUT2D eigenvalue weighted by molar-refractivity contribution is 5.40. The lowest BCUT2D eigenvalue weighted by atomic mass is 10.1. The van der Waals surface area contributed by atoms with Crippen LogP contribution >= 0.6 is 0 Å². The van der Waals surface area contributed by atoms with Gasteiger partial charge in [-0.1, -0.05) is 0 Å². The van der Waals surface area contributed by atoms with E-state index in [1.807, 2.05) is 26.1 Å². The number of hydrogen-bond acceptors (Lipinski definition) is 4. The monoisotopic (exact) mass is 223 g/mol. The van der Waals surface area contributed by atoms with Gasteiger partial charge in [0.15, 0.2) is 0 Å². The van der Waals surface area contributed by atoms with E-state index >= 15 is 0 Å². The Kier molecular flexibility index (Phi) is 5.22. The average Bonchev–Trinajstić information content (AvgIpc) is 2.29. The molecule has 0 aliphatic carbocycles. The summed E-state index contributed by atoms with van der Waals surface area (Å²) in [5.74, 6) is 0.964. The first-order valence-corrected chi connectivity index (χ1v) is 5.56. The topological polar surface area (TPSA) is 51.4 Å². The van der Waals surface area contributed by atoms with Crippen LogP contribution in [0.15, 0.2) is 18.3 Å². The molecular weight excluding hydrogens is 202 g/mol. The quantitative estimate of drug-likeness (QED) is 0.744. The first kappa shape index (κ1) is 12.9. The molecule has 1 heterocycles. The second-order valence-electron chi connectivity index (χ2n) is 4.00. The summed E-state index contributed by atoms with van der Waals surface area (Å²) in [6, 6.07) is 4.04. The van der Waals surface area contributed by atoms with Gasteiger partial charge in [-0.25, -0.2) is 4.98 Å². The van der Waals surface area contributed by atoms with E-state index in [1.54, 1.807) is 13.3 Å². The van der Waals surface area contributed by atoms with E-state index in [-0.39, 0.29) is 6.04 Å². The third kappa shape index (κ3) is 3.79. The van der Waals surface area contributed by atoms with Crippen molar-refractivity contribution in [2.24, 2.45) is 5.73 Å². The second kappa shape index (κ2) is 6.45. The van der Waals surface area contributed by atoms with Crippen molar-refractivity contribution in [3.8, 4) is 0 Å². The number of rotatable bonds is 6. The molecule has 1 aromatic heterocycles. The number of anilines is 1. The van der Waals surface area contributed by atoms with Gasteiger partial charge >= 0.3 is 0 Å². The van der Waals surface area contributed by atoms with E-state index in [0.717, 1.165) is 31.0 Å². The molecule has 0 aromatic carbocycles. The molecule has 0 spiro atoms. The maximum absolute atomic E-state index is 5.84. The summed E-state index contributed by atoms with van der Waals surface area (Å²) < 4.78 is 5.02. The van der Waals surface area contributed by atoms with Gasteiger partial charge < -0.3 is 15.4 Å². The van der Waals surface area contributed by atoms with Gasteiger partial charge in [0.25, 0.3) is 0 Å². The summed E-state index contributed by atoms with van der Waals surface area (Å²) >= 11 is 0. The Bertz CT molecular complexity index is 315. The lowest BCUT2D eigenvalue weighted by molar-refractivity contribution is 0.196. The standard InChI is InChI=1S/C12H21N3O/c1-10(13)11-5-6-14-12(9-11)15(2)7-4-8-16-3/h5-6,9-10H,4,7-8,13H2,1-3H3/t10-/m0/s1. The zero-order valence-corrected chi connectivity index (χ0v) is 10.3. The number of ether oxygens (including phenoxy) is 1. The molecule has 0 saturated carbocycles. The van der Waals surface area contributed by atoms with E-state index < -0.39 is 0 Å². The third-order valence-electron chi connectivity index (χ3n) is 2.53. The second-order valence-corrected chi connectivity index (χ2v) is 4.00. The largest absolute Gasteiger partial charge is 0.385 e. The fraction of sp³-hybridized carbons (Fsp3) is 0.583. The first-order valence-electron chi connectivity index (χ1n) is 5.56. The molecule has 1 aromatic rings. The van der Waals surface area contributed by atoms with E-state index in [9.17, 15) is 0 Å². The maximum atomic E-state index is 5.84. The van der Waals surface area contributed by atoms with Crippen LogP contribution in [-0.4, -0.2) is 32.3 Å². The Hall–Kier alpha value is -1.13. The minimum absolute atomic E-state index is 0.0501. The molecule has 4 heteroatoms. The van der Waals surface area contributed by atoms with Crippen LogP contribution < -0.4 is 10.6 Å². The predicted octanol–water partition coefficient (Wildman–Crippen LogP) is 1.57.